The standard InChI is InChI=1S/C32H39ClN2O2/c1-22-7-6-14-32(2)20-29-26(19-28(22)32)27(31(36)37-29)21-34-15-17-35(18-16-34)30(23-8-4-3-5-9-23)24-10-12-25(33)13-11-24/h3-5,8-13,26-30H,1,6-7,14-21H2,2H3/t26-,27-,28+,29-,30+,32-/m1/s1. The first-order valence-electron chi connectivity index (χ1n) is 14.1. The molecule has 2 saturated carbocycles. The van der Waals surface area contributed by atoms with Crippen LogP contribution in [0.4, 0.5) is 0 Å². The van der Waals surface area contributed by atoms with Crippen molar-refractivity contribution in [3.8, 4) is 0 Å². The second kappa shape index (κ2) is 10.2. The number of rotatable bonds is 5. The summed E-state index contributed by atoms with van der Waals surface area (Å²) in [5.41, 5.74) is 4.24. The van der Waals surface area contributed by atoms with Gasteiger partial charge in [-0.25, -0.2) is 0 Å². The predicted molar refractivity (Wildman–Crippen MR) is 148 cm³/mol. The number of esters is 1. The lowest BCUT2D eigenvalue weighted by Crippen LogP contribution is -2.50. The third-order valence-corrected chi connectivity index (χ3v) is 10.1. The van der Waals surface area contributed by atoms with Crippen LogP contribution in [0.5, 0.6) is 0 Å². The number of benzene rings is 2. The zero-order valence-electron chi connectivity index (χ0n) is 21.9. The van der Waals surface area contributed by atoms with E-state index in [0.717, 1.165) is 57.0 Å². The molecule has 6 rings (SSSR count). The molecule has 2 saturated heterocycles. The van der Waals surface area contributed by atoms with Crippen LogP contribution in [0.15, 0.2) is 66.7 Å². The van der Waals surface area contributed by atoms with Crippen molar-refractivity contribution in [1.29, 1.82) is 0 Å². The molecule has 0 N–H and O–H groups in total. The van der Waals surface area contributed by atoms with Gasteiger partial charge < -0.3 is 4.74 Å². The van der Waals surface area contributed by atoms with Gasteiger partial charge in [0.2, 0.25) is 0 Å². The van der Waals surface area contributed by atoms with E-state index in [1.165, 1.54) is 29.5 Å². The molecule has 2 aliphatic heterocycles. The molecule has 0 radical (unpaired) electrons. The molecule has 0 amide bonds. The van der Waals surface area contributed by atoms with E-state index in [0.29, 0.717) is 11.8 Å². The maximum atomic E-state index is 13.1. The number of fused-ring (bicyclic) bond motifs is 2. The number of hydrogen-bond acceptors (Lipinski definition) is 4. The fourth-order valence-corrected chi connectivity index (χ4v) is 7.97. The fourth-order valence-electron chi connectivity index (χ4n) is 7.84. The molecule has 37 heavy (non-hydrogen) atoms. The molecule has 0 bridgehead atoms. The highest BCUT2D eigenvalue weighted by Gasteiger charge is 2.55. The molecule has 2 aromatic carbocycles. The lowest BCUT2D eigenvalue weighted by atomic mass is 9.55. The van der Waals surface area contributed by atoms with Gasteiger partial charge in [0.25, 0.3) is 0 Å². The van der Waals surface area contributed by atoms with Gasteiger partial charge in [0.15, 0.2) is 0 Å². The molecule has 0 unspecified atom stereocenters. The summed E-state index contributed by atoms with van der Waals surface area (Å²) in [4.78, 5) is 18.2. The quantitative estimate of drug-likeness (QED) is 0.340. The summed E-state index contributed by atoms with van der Waals surface area (Å²) in [5, 5.41) is 0.766. The van der Waals surface area contributed by atoms with Crippen molar-refractivity contribution in [2.45, 2.75) is 51.2 Å². The number of carbonyl (C=O) groups is 1. The molecule has 196 valence electrons. The Morgan fingerprint density at radius 2 is 1.76 bits per heavy atom. The van der Waals surface area contributed by atoms with E-state index in [4.69, 9.17) is 16.3 Å². The van der Waals surface area contributed by atoms with Crippen molar-refractivity contribution < 1.29 is 9.53 Å². The Labute approximate surface area is 226 Å². The molecule has 5 heteroatoms. The van der Waals surface area contributed by atoms with Crippen LogP contribution in [0, 0.1) is 23.2 Å². The number of halogens is 1. The zero-order valence-corrected chi connectivity index (χ0v) is 22.7. The van der Waals surface area contributed by atoms with E-state index in [2.05, 4.69) is 65.8 Å². The molecule has 2 heterocycles. The number of carbonyl (C=O) groups excluding carboxylic acids is 1. The topological polar surface area (TPSA) is 32.8 Å². The molecule has 4 aliphatic rings. The Kier molecular flexibility index (Phi) is 6.94. The average Bonchev–Trinajstić information content (AvgIpc) is 3.19. The molecular weight excluding hydrogens is 480 g/mol. The summed E-state index contributed by atoms with van der Waals surface area (Å²) in [5.74, 6) is 0.914. The lowest BCUT2D eigenvalue weighted by molar-refractivity contribution is -0.146. The van der Waals surface area contributed by atoms with Crippen molar-refractivity contribution >= 4 is 17.6 Å². The normalized spacial score (nSPS) is 33.5. The van der Waals surface area contributed by atoms with Crippen LogP contribution in [-0.2, 0) is 9.53 Å². The minimum absolute atomic E-state index is 0.00277. The summed E-state index contributed by atoms with van der Waals surface area (Å²) in [6.07, 6.45) is 5.79. The molecule has 4 nitrogen and oxygen atoms in total. The Hall–Kier alpha value is -2.14. The van der Waals surface area contributed by atoms with Gasteiger partial charge in [-0.05, 0) is 66.7 Å². The second-order valence-electron chi connectivity index (χ2n) is 12.1. The highest BCUT2D eigenvalue weighted by molar-refractivity contribution is 6.30. The van der Waals surface area contributed by atoms with Gasteiger partial charge in [-0.1, -0.05) is 73.1 Å². The van der Waals surface area contributed by atoms with Crippen molar-refractivity contribution in [1.82, 2.24) is 9.80 Å². The van der Waals surface area contributed by atoms with Crippen LogP contribution in [-0.4, -0.2) is 54.6 Å². The van der Waals surface area contributed by atoms with Crippen LogP contribution in [0.2, 0.25) is 5.02 Å². The highest BCUT2D eigenvalue weighted by atomic mass is 35.5. The number of nitrogens with zero attached hydrogens (tertiary/aromatic N) is 2. The van der Waals surface area contributed by atoms with Crippen LogP contribution in [0.25, 0.3) is 0 Å². The van der Waals surface area contributed by atoms with Gasteiger partial charge in [0, 0.05) is 43.7 Å². The fraction of sp³-hybridized carbons (Fsp3) is 0.531. The van der Waals surface area contributed by atoms with E-state index < -0.39 is 0 Å². The molecule has 0 spiro atoms. The van der Waals surface area contributed by atoms with E-state index >= 15 is 0 Å². The van der Waals surface area contributed by atoms with Crippen LogP contribution in [0.1, 0.15) is 56.2 Å². The third-order valence-electron chi connectivity index (χ3n) is 9.85. The molecule has 6 atom stereocenters. The van der Waals surface area contributed by atoms with Gasteiger partial charge in [0.1, 0.15) is 6.10 Å². The van der Waals surface area contributed by atoms with Crippen LogP contribution < -0.4 is 0 Å². The van der Waals surface area contributed by atoms with E-state index in [-0.39, 0.29) is 29.4 Å². The first-order chi connectivity index (χ1) is 17.9. The van der Waals surface area contributed by atoms with Crippen molar-refractivity contribution in [2.24, 2.45) is 23.2 Å². The number of ether oxygens (including phenoxy) is 1. The van der Waals surface area contributed by atoms with Gasteiger partial charge in [0.05, 0.1) is 12.0 Å². The molecular formula is C32H39ClN2O2. The van der Waals surface area contributed by atoms with Crippen molar-refractivity contribution in [2.75, 3.05) is 32.7 Å². The summed E-state index contributed by atoms with van der Waals surface area (Å²) < 4.78 is 6.04. The lowest BCUT2D eigenvalue weighted by Gasteiger charge is -2.50. The number of hydrogen-bond donors (Lipinski definition) is 0. The van der Waals surface area contributed by atoms with Gasteiger partial charge >= 0.3 is 5.97 Å². The van der Waals surface area contributed by atoms with Gasteiger partial charge in [-0.15, -0.1) is 0 Å². The first kappa shape index (κ1) is 25.2. The molecule has 4 fully saturated rings. The Bertz CT molecular complexity index is 1130. The number of piperazine rings is 1. The Morgan fingerprint density at radius 1 is 1.05 bits per heavy atom. The Morgan fingerprint density at radius 3 is 2.49 bits per heavy atom. The summed E-state index contributed by atoms with van der Waals surface area (Å²) >= 11 is 6.20. The van der Waals surface area contributed by atoms with Crippen molar-refractivity contribution in [3.63, 3.8) is 0 Å². The smallest absolute Gasteiger partial charge is 0.310 e. The first-order valence-corrected chi connectivity index (χ1v) is 14.4. The SMILES string of the molecule is C=C1CCC[C@]2(C)C[C@H]3OC(=O)[C@H](CN4CCN([C@@H](c5ccccc5)c5ccc(Cl)cc5)CC4)[C@H]3C[C@@H]12. The highest BCUT2D eigenvalue weighted by Crippen LogP contribution is 2.57. The summed E-state index contributed by atoms with van der Waals surface area (Å²) in [6.45, 7) is 11.5. The second-order valence-corrected chi connectivity index (χ2v) is 12.5. The van der Waals surface area contributed by atoms with E-state index in [9.17, 15) is 4.79 Å². The van der Waals surface area contributed by atoms with Gasteiger partial charge in [-0.2, -0.15) is 0 Å². The minimum atomic E-state index is -0.00277. The minimum Gasteiger partial charge on any atom is -0.462 e. The van der Waals surface area contributed by atoms with Crippen LogP contribution in [0.3, 0.4) is 0 Å². The average molecular weight is 519 g/mol. The maximum absolute atomic E-state index is 13.1. The van der Waals surface area contributed by atoms with E-state index in [1.807, 2.05) is 12.1 Å². The predicted octanol–water partition coefficient (Wildman–Crippen LogP) is 6.36. The third kappa shape index (κ3) is 4.89. The Balaban J connectivity index is 1.13. The van der Waals surface area contributed by atoms with Gasteiger partial charge in [-0.3, -0.25) is 14.6 Å². The maximum Gasteiger partial charge on any atom is 0.310 e. The monoisotopic (exact) mass is 518 g/mol. The largest absolute Gasteiger partial charge is 0.462 e. The summed E-state index contributed by atoms with van der Waals surface area (Å²) in [7, 11) is 0. The van der Waals surface area contributed by atoms with Crippen molar-refractivity contribution in [3.05, 3.63) is 82.9 Å². The summed E-state index contributed by atoms with van der Waals surface area (Å²) in [6, 6.07) is 19.2. The molecule has 2 aromatic rings. The number of allylic oxidation sites excluding steroid dienone is 1. The molecule has 0 aromatic heterocycles. The zero-order chi connectivity index (χ0) is 25.6. The molecule has 2 aliphatic carbocycles. The van der Waals surface area contributed by atoms with Crippen LogP contribution >= 0.6 is 11.6 Å². The van der Waals surface area contributed by atoms with E-state index in [1.54, 1.807) is 0 Å².